The zero-order valence-electron chi connectivity index (χ0n) is 22.7. The molecule has 1 saturated heterocycles. The SMILES string of the molecule is C[C@]1(OC(=O)c2ccccc2)[C@H](n2ccc(=O)[nH]c2=O)O[C@](F)(COC(=O)c2ccccc2)[C@H]1OC(=O)c1ccccc1. The molecule has 1 N–H and O–H groups in total. The molecule has 0 unspecified atom stereocenters. The predicted molar refractivity (Wildman–Crippen MR) is 148 cm³/mol. The van der Waals surface area contributed by atoms with Crippen molar-refractivity contribution >= 4 is 17.9 Å². The van der Waals surface area contributed by atoms with Crippen molar-refractivity contribution in [1.82, 2.24) is 9.55 Å². The van der Waals surface area contributed by atoms with Crippen molar-refractivity contribution < 1.29 is 37.7 Å². The minimum atomic E-state index is -3.15. The summed E-state index contributed by atoms with van der Waals surface area (Å²) in [4.78, 5) is 66.0. The average Bonchev–Trinajstić information content (AvgIpc) is 3.23. The lowest BCUT2D eigenvalue weighted by Crippen LogP contribution is -2.55. The number of benzene rings is 3. The Morgan fingerprint density at radius 3 is 1.86 bits per heavy atom. The van der Waals surface area contributed by atoms with E-state index in [0.717, 1.165) is 16.8 Å². The van der Waals surface area contributed by atoms with Gasteiger partial charge in [0.15, 0.2) is 18.4 Å². The molecule has 12 heteroatoms. The lowest BCUT2D eigenvalue weighted by molar-refractivity contribution is -0.208. The van der Waals surface area contributed by atoms with Gasteiger partial charge in [-0.25, -0.2) is 23.6 Å². The fraction of sp³-hybridized carbons (Fsp3) is 0.194. The Hall–Kier alpha value is -5.36. The number of aromatic amines is 1. The molecule has 4 atom stereocenters. The molecule has 3 aromatic carbocycles. The van der Waals surface area contributed by atoms with Gasteiger partial charge in [-0.05, 0) is 43.3 Å². The van der Waals surface area contributed by atoms with Crippen LogP contribution >= 0.6 is 0 Å². The summed E-state index contributed by atoms with van der Waals surface area (Å²) in [7, 11) is 0. The first-order chi connectivity index (χ1) is 20.6. The summed E-state index contributed by atoms with van der Waals surface area (Å²) in [5.41, 5.74) is -3.83. The van der Waals surface area contributed by atoms with Crippen LogP contribution in [0.1, 0.15) is 44.2 Å². The van der Waals surface area contributed by atoms with Crippen molar-refractivity contribution in [3.8, 4) is 0 Å². The number of ether oxygens (including phenoxy) is 4. The second-order valence-corrected chi connectivity index (χ2v) is 9.81. The molecular weight excluding hydrogens is 563 g/mol. The van der Waals surface area contributed by atoms with Crippen molar-refractivity contribution in [1.29, 1.82) is 0 Å². The zero-order chi connectivity index (χ0) is 30.6. The second kappa shape index (κ2) is 11.9. The minimum absolute atomic E-state index is 0.0347. The van der Waals surface area contributed by atoms with Gasteiger partial charge >= 0.3 is 23.6 Å². The second-order valence-electron chi connectivity index (χ2n) is 9.81. The molecule has 0 saturated carbocycles. The van der Waals surface area contributed by atoms with E-state index in [1.165, 1.54) is 43.3 Å². The van der Waals surface area contributed by atoms with Crippen molar-refractivity contribution in [3.05, 3.63) is 141 Å². The van der Waals surface area contributed by atoms with Crippen LogP contribution in [-0.2, 0) is 18.9 Å². The van der Waals surface area contributed by atoms with Crippen LogP contribution in [0.3, 0.4) is 0 Å². The molecule has 0 radical (unpaired) electrons. The minimum Gasteiger partial charge on any atom is -0.456 e. The number of aromatic nitrogens is 2. The van der Waals surface area contributed by atoms with Crippen LogP contribution in [-0.4, -0.2) is 51.6 Å². The van der Waals surface area contributed by atoms with Gasteiger partial charge < -0.3 is 18.9 Å². The normalized spacial score (nSPS) is 22.8. The Bertz CT molecular complexity index is 1740. The van der Waals surface area contributed by atoms with Gasteiger partial charge in [-0.2, -0.15) is 0 Å². The predicted octanol–water partition coefficient (Wildman–Crippen LogP) is 3.43. The third-order valence-electron chi connectivity index (χ3n) is 6.78. The number of alkyl halides is 1. The van der Waals surface area contributed by atoms with E-state index >= 15 is 4.39 Å². The number of carbonyl (C=O) groups excluding carboxylic acids is 3. The van der Waals surface area contributed by atoms with E-state index < -0.39 is 59.6 Å². The maximum atomic E-state index is 17.1. The molecular formula is C31H25FN2O9. The van der Waals surface area contributed by atoms with Gasteiger partial charge in [0.1, 0.15) is 0 Å². The zero-order valence-corrected chi connectivity index (χ0v) is 22.7. The third-order valence-corrected chi connectivity index (χ3v) is 6.78. The number of esters is 3. The van der Waals surface area contributed by atoms with Gasteiger partial charge in [-0.15, -0.1) is 0 Å². The highest BCUT2D eigenvalue weighted by Crippen LogP contribution is 2.49. The molecule has 4 aromatic rings. The fourth-order valence-electron chi connectivity index (χ4n) is 4.69. The van der Waals surface area contributed by atoms with Gasteiger partial charge in [0.25, 0.3) is 11.4 Å². The number of halogens is 1. The van der Waals surface area contributed by atoms with Gasteiger partial charge in [0.05, 0.1) is 16.7 Å². The molecule has 2 heterocycles. The van der Waals surface area contributed by atoms with E-state index in [-0.39, 0.29) is 16.7 Å². The van der Waals surface area contributed by atoms with E-state index in [4.69, 9.17) is 18.9 Å². The van der Waals surface area contributed by atoms with Crippen LogP contribution in [0.4, 0.5) is 4.39 Å². The van der Waals surface area contributed by atoms with Crippen LogP contribution in [0.15, 0.2) is 113 Å². The largest absolute Gasteiger partial charge is 0.456 e. The highest BCUT2D eigenvalue weighted by Gasteiger charge is 2.69. The molecule has 1 fully saturated rings. The van der Waals surface area contributed by atoms with E-state index in [0.29, 0.717) is 0 Å². The van der Waals surface area contributed by atoms with Gasteiger partial charge in [0, 0.05) is 12.3 Å². The smallest absolute Gasteiger partial charge is 0.338 e. The maximum absolute atomic E-state index is 17.1. The number of nitrogens with zero attached hydrogens (tertiary/aromatic N) is 1. The van der Waals surface area contributed by atoms with Crippen molar-refractivity contribution in [3.63, 3.8) is 0 Å². The molecule has 1 aliphatic rings. The van der Waals surface area contributed by atoms with Crippen LogP contribution in [0.2, 0.25) is 0 Å². The van der Waals surface area contributed by atoms with Crippen LogP contribution in [0, 0.1) is 0 Å². The Morgan fingerprint density at radius 1 is 0.814 bits per heavy atom. The average molecular weight is 589 g/mol. The van der Waals surface area contributed by atoms with Crippen LogP contribution < -0.4 is 11.2 Å². The summed E-state index contributed by atoms with van der Waals surface area (Å²) in [6, 6.07) is 24.0. The number of nitrogens with one attached hydrogen (secondary N) is 1. The highest BCUT2D eigenvalue weighted by molar-refractivity contribution is 5.91. The molecule has 11 nitrogen and oxygen atoms in total. The van der Waals surface area contributed by atoms with E-state index in [1.807, 2.05) is 4.98 Å². The molecule has 0 bridgehead atoms. The summed E-state index contributed by atoms with van der Waals surface area (Å²) in [5.74, 6) is -6.04. The highest BCUT2D eigenvalue weighted by atomic mass is 19.2. The molecule has 1 aromatic heterocycles. The van der Waals surface area contributed by atoms with Gasteiger partial charge in [-0.3, -0.25) is 14.3 Å². The summed E-state index contributed by atoms with van der Waals surface area (Å²) in [6.45, 7) is 0.0832. The number of rotatable bonds is 8. The van der Waals surface area contributed by atoms with E-state index in [1.54, 1.807) is 54.6 Å². The molecule has 1 aliphatic heterocycles. The Kier molecular flexibility index (Phi) is 8.04. The lowest BCUT2D eigenvalue weighted by atomic mass is 9.94. The summed E-state index contributed by atoms with van der Waals surface area (Å²) in [5, 5.41) is 0. The van der Waals surface area contributed by atoms with E-state index in [9.17, 15) is 24.0 Å². The maximum Gasteiger partial charge on any atom is 0.338 e. The number of carbonyl (C=O) groups is 3. The first-order valence-electron chi connectivity index (χ1n) is 13.1. The van der Waals surface area contributed by atoms with Gasteiger partial charge in [-0.1, -0.05) is 54.6 Å². The van der Waals surface area contributed by atoms with Crippen LogP contribution in [0.25, 0.3) is 0 Å². The monoisotopic (exact) mass is 588 g/mol. The van der Waals surface area contributed by atoms with E-state index in [2.05, 4.69) is 0 Å². The summed E-state index contributed by atoms with van der Waals surface area (Å²) in [6.07, 6.45) is -2.88. The fourth-order valence-corrected chi connectivity index (χ4v) is 4.69. The standard InChI is InChI=1S/C31H25FN2O9/c1-30(42-26(38)22-15-9-4-10-16-22)27(41-25(37)21-13-7-3-8-14-21)31(32,19-40-24(36)20-11-5-2-6-12-20)43-28(30)34-18-17-23(35)33-29(34)39/h2-18,27-28H,19H2,1H3,(H,33,35,39)/t27-,28+,30+,31+/m0/s1. The molecule has 220 valence electrons. The van der Waals surface area contributed by atoms with Gasteiger partial charge in [0.2, 0.25) is 6.10 Å². The molecule has 0 amide bonds. The number of H-pyrrole nitrogens is 1. The third kappa shape index (κ3) is 5.99. The van der Waals surface area contributed by atoms with Crippen molar-refractivity contribution in [2.45, 2.75) is 30.7 Å². The molecule has 43 heavy (non-hydrogen) atoms. The first-order valence-corrected chi connectivity index (χ1v) is 13.1. The van der Waals surface area contributed by atoms with Crippen molar-refractivity contribution in [2.75, 3.05) is 6.61 Å². The Balaban J connectivity index is 1.59. The summed E-state index contributed by atoms with van der Waals surface area (Å²) < 4.78 is 40.2. The lowest BCUT2D eigenvalue weighted by Gasteiger charge is -2.35. The number of hydrogen-bond acceptors (Lipinski definition) is 9. The quantitative estimate of drug-likeness (QED) is 0.242. The summed E-state index contributed by atoms with van der Waals surface area (Å²) >= 11 is 0. The Morgan fingerprint density at radius 2 is 1.33 bits per heavy atom. The molecule has 5 rings (SSSR count). The molecule has 0 aliphatic carbocycles. The van der Waals surface area contributed by atoms with Crippen LogP contribution in [0.5, 0.6) is 0 Å². The molecule has 0 spiro atoms. The Labute approximate surface area is 243 Å². The number of hydrogen-bond donors (Lipinski definition) is 1. The van der Waals surface area contributed by atoms with Crippen molar-refractivity contribution in [2.24, 2.45) is 0 Å². The first kappa shape index (κ1) is 29.1. The topological polar surface area (TPSA) is 143 Å².